The van der Waals surface area contributed by atoms with Crippen molar-refractivity contribution in [2.45, 2.75) is 64.6 Å². The summed E-state index contributed by atoms with van der Waals surface area (Å²) in [5.41, 5.74) is 0.919. The molecule has 3 rings (SSSR count). The average molecular weight is 561 g/mol. The van der Waals surface area contributed by atoms with E-state index in [1.807, 2.05) is 0 Å². The van der Waals surface area contributed by atoms with Gasteiger partial charge in [-0.2, -0.15) is 0 Å². The molecule has 1 fully saturated rings. The van der Waals surface area contributed by atoms with Gasteiger partial charge in [0.15, 0.2) is 0 Å². The van der Waals surface area contributed by atoms with E-state index < -0.39 is 33.4 Å². The number of rotatable bonds is 12. The zero-order valence-electron chi connectivity index (χ0n) is 22.8. The van der Waals surface area contributed by atoms with Crippen molar-refractivity contribution in [2.24, 2.45) is 0 Å². The molecule has 0 bridgehead atoms. The lowest BCUT2D eigenvalue weighted by Gasteiger charge is -2.33. The van der Waals surface area contributed by atoms with Gasteiger partial charge in [-0.05, 0) is 49.4 Å². The molecule has 39 heavy (non-hydrogen) atoms. The highest BCUT2D eigenvalue weighted by Gasteiger charge is 2.33. The van der Waals surface area contributed by atoms with Crippen molar-refractivity contribution in [1.82, 2.24) is 10.2 Å². The van der Waals surface area contributed by atoms with Gasteiger partial charge < -0.3 is 15.0 Å². The molecule has 0 radical (unpaired) electrons. The fourth-order valence-electron chi connectivity index (χ4n) is 4.79. The third-order valence-electron chi connectivity index (χ3n) is 6.95. The summed E-state index contributed by atoms with van der Waals surface area (Å²) in [6, 6.07) is 10.1. The Bertz CT molecular complexity index is 1290. The van der Waals surface area contributed by atoms with Crippen LogP contribution in [0.2, 0.25) is 0 Å². The Morgan fingerprint density at radius 2 is 1.79 bits per heavy atom. The Hall–Kier alpha value is -3.67. The van der Waals surface area contributed by atoms with Crippen LogP contribution in [0, 0.1) is 17.0 Å². The number of nitrogens with one attached hydrogen (secondary N) is 1. The molecule has 2 amide bonds. The number of sulfonamides is 1. The summed E-state index contributed by atoms with van der Waals surface area (Å²) in [5.74, 6) is -0.258. The summed E-state index contributed by atoms with van der Waals surface area (Å²) in [6.45, 7) is 2.85. The Morgan fingerprint density at radius 1 is 1.15 bits per heavy atom. The lowest BCUT2D eigenvalue weighted by atomic mass is 10.1. The maximum atomic E-state index is 13.9. The number of anilines is 1. The smallest absolute Gasteiger partial charge is 0.271 e. The van der Waals surface area contributed by atoms with Crippen molar-refractivity contribution in [1.29, 1.82) is 0 Å². The molecule has 1 atom stereocenters. The summed E-state index contributed by atoms with van der Waals surface area (Å²) in [7, 11) is -2.48. The van der Waals surface area contributed by atoms with Gasteiger partial charge in [0, 0.05) is 24.7 Å². The molecule has 1 aliphatic rings. The van der Waals surface area contributed by atoms with E-state index in [0.717, 1.165) is 47.9 Å². The predicted molar refractivity (Wildman–Crippen MR) is 148 cm³/mol. The molecule has 12 heteroatoms. The maximum absolute atomic E-state index is 13.9. The Balaban J connectivity index is 1.98. The van der Waals surface area contributed by atoms with Gasteiger partial charge in [0.2, 0.25) is 21.8 Å². The maximum Gasteiger partial charge on any atom is 0.271 e. The minimum atomic E-state index is -4.02. The normalized spacial score (nSPS) is 14.5. The second-order valence-electron chi connectivity index (χ2n) is 9.78. The lowest BCUT2D eigenvalue weighted by Crippen LogP contribution is -2.53. The quantitative estimate of drug-likeness (QED) is 0.309. The summed E-state index contributed by atoms with van der Waals surface area (Å²) in [4.78, 5) is 39.3. The van der Waals surface area contributed by atoms with E-state index in [4.69, 9.17) is 4.74 Å². The molecule has 0 aliphatic heterocycles. The number of non-ortho nitro benzene ring substituents is 1. The van der Waals surface area contributed by atoms with Gasteiger partial charge in [-0.3, -0.25) is 24.0 Å². The highest BCUT2D eigenvalue weighted by Crippen LogP contribution is 2.28. The number of nitro groups is 1. The molecule has 11 nitrogen and oxygen atoms in total. The molecule has 0 spiro atoms. The van der Waals surface area contributed by atoms with Crippen molar-refractivity contribution in [3.05, 3.63) is 63.7 Å². The van der Waals surface area contributed by atoms with E-state index in [1.54, 1.807) is 45.2 Å². The van der Waals surface area contributed by atoms with Gasteiger partial charge in [0.05, 0.1) is 24.0 Å². The van der Waals surface area contributed by atoms with E-state index >= 15 is 0 Å². The van der Waals surface area contributed by atoms with E-state index in [1.165, 1.54) is 17.0 Å². The first-order valence-corrected chi connectivity index (χ1v) is 14.7. The summed E-state index contributed by atoms with van der Waals surface area (Å²) < 4.78 is 31.8. The Kier molecular flexibility index (Phi) is 9.90. The van der Waals surface area contributed by atoms with E-state index in [-0.39, 0.29) is 29.9 Å². The Morgan fingerprint density at radius 3 is 2.33 bits per heavy atom. The van der Waals surface area contributed by atoms with Crippen LogP contribution < -0.4 is 14.4 Å². The molecule has 2 aromatic carbocycles. The largest absolute Gasteiger partial charge is 0.497 e. The van der Waals surface area contributed by atoms with Crippen molar-refractivity contribution < 1.29 is 27.7 Å². The lowest BCUT2D eigenvalue weighted by molar-refractivity contribution is -0.384. The molecule has 1 unspecified atom stereocenters. The first kappa shape index (κ1) is 29.9. The van der Waals surface area contributed by atoms with E-state index in [0.29, 0.717) is 17.7 Å². The first-order chi connectivity index (χ1) is 18.4. The van der Waals surface area contributed by atoms with Gasteiger partial charge in [0.25, 0.3) is 5.69 Å². The van der Waals surface area contributed by atoms with Gasteiger partial charge in [0.1, 0.15) is 18.3 Å². The third-order valence-corrected chi connectivity index (χ3v) is 8.08. The number of nitrogens with zero attached hydrogens (tertiary/aromatic N) is 3. The number of aryl methyl sites for hydroxylation is 1. The SMILES string of the molecule is CCC(C(=O)NC1CCCC1)N(Cc1ccc(OC)cc1)C(=O)CN(c1cc([N+](=O)[O-])ccc1C)S(C)(=O)=O. The molecule has 0 saturated heterocycles. The molecule has 1 N–H and O–H groups in total. The third kappa shape index (κ3) is 7.69. The van der Waals surface area contributed by atoms with Crippen LogP contribution in [-0.2, 0) is 26.2 Å². The zero-order valence-corrected chi connectivity index (χ0v) is 23.6. The second-order valence-corrected chi connectivity index (χ2v) is 11.7. The first-order valence-electron chi connectivity index (χ1n) is 12.9. The average Bonchev–Trinajstić information content (AvgIpc) is 3.40. The number of carbonyl (C=O) groups is 2. The minimum Gasteiger partial charge on any atom is -0.497 e. The van der Waals surface area contributed by atoms with Crippen molar-refractivity contribution in [2.75, 3.05) is 24.2 Å². The van der Waals surface area contributed by atoms with Gasteiger partial charge in [-0.25, -0.2) is 8.42 Å². The van der Waals surface area contributed by atoms with E-state index in [9.17, 15) is 28.1 Å². The van der Waals surface area contributed by atoms with Gasteiger partial charge in [-0.15, -0.1) is 0 Å². The van der Waals surface area contributed by atoms with Crippen molar-refractivity contribution in [3.63, 3.8) is 0 Å². The molecular formula is C27H36N4O7S. The van der Waals surface area contributed by atoms with Gasteiger partial charge in [-0.1, -0.05) is 38.0 Å². The molecule has 0 aromatic heterocycles. The molecule has 212 valence electrons. The standard InChI is InChI=1S/C27H36N4O7S/c1-5-24(27(33)28-21-8-6-7-9-21)29(17-20-11-14-23(38-3)15-12-20)26(32)18-30(39(4,36)37)25-16-22(31(34)35)13-10-19(25)2/h10-16,21,24H,5-9,17-18H2,1-4H3,(H,28,33). The molecule has 0 heterocycles. The topological polar surface area (TPSA) is 139 Å². The molecular weight excluding hydrogens is 524 g/mol. The molecule has 1 aliphatic carbocycles. The summed E-state index contributed by atoms with van der Waals surface area (Å²) >= 11 is 0. The van der Waals surface area contributed by atoms with Gasteiger partial charge >= 0.3 is 0 Å². The monoisotopic (exact) mass is 560 g/mol. The predicted octanol–water partition coefficient (Wildman–Crippen LogP) is 3.54. The summed E-state index contributed by atoms with van der Waals surface area (Å²) in [5, 5.41) is 14.4. The number of amides is 2. The van der Waals surface area contributed by atoms with Crippen LogP contribution >= 0.6 is 0 Å². The van der Waals surface area contributed by atoms with Crippen LogP contribution in [0.25, 0.3) is 0 Å². The second kappa shape index (κ2) is 12.9. The highest BCUT2D eigenvalue weighted by atomic mass is 32.2. The fourth-order valence-corrected chi connectivity index (χ4v) is 5.69. The van der Waals surface area contributed by atoms with Crippen LogP contribution in [0.1, 0.15) is 50.2 Å². The Labute approximate surface area is 229 Å². The molecule has 2 aromatic rings. The number of methoxy groups -OCH3 is 1. The highest BCUT2D eigenvalue weighted by molar-refractivity contribution is 7.92. The number of hydrogen-bond acceptors (Lipinski definition) is 7. The molecule has 1 saturated carbocycles. The van der Waals surface area contributed by atoms with Crippen LogP contribution in [0.5, 0.6) is 5.75 Å². The number of ether oxygens (including phenoxy) is 1. The van der Waals surface area contributed by atoms with Crippen LogP contribution in [0.3, 0.4) is 0 Å². The number of hydrogen-bond donors (Lipinski definition) is 1. The van der Waals surface area contributed by atoms with Crippen LogP contribution in [-0.4, -0.2) is 62.0 Å². The number of carbonyl (C=O) groups excluding carboxylic acids is 2. The fraction of sp³-hybridized carbons (Fsp3) is 0.481. The van der Waals surface area contributed by atoms with Crippen LogP contribution in [0.15, 0.2) is 42.5 Å². The zero-order chi connectivity index (χ0) is 28.7. The van der Waals surface area contributed by atoms with Crippen molar-refractivity contribution in [3.8, 4) is 5.75 Å². The number of nitro benzene ring substituents is 1. The number of benzene rings is 2. The van der Waals surface area contributed by atoms with Crippen molar-refractivity contribution >= 4 is 33.2 Å². The minimum absolute atomic E-state index is 0.0351. The summed E-state index contributed by atoms with van der Waals surface area (Å²) in [6.07, 6.45) is 5.07. The van der Waals surface area contributed by atoms with Crippen LogP contribution in [0.4, 0.5) is 11.4 Å². The van der Waals surface area contributed by atoms with E-state index in [2.05, 4.69) is 5.32 Å².